The zero-order chi connectivity index (χ0) is 12.4. The fraction of sp³-hybridized carbons (Fsp3) is 0.167. The quantitative estimate of drug-likeness (QED) is 0.776. The molecule has 5 nitrogen and oxygen atoms in total. The third-order valence-electron chi connectivity index (χ3n) is 2.55. The maximum absolute atomic E-state index is 9.49. The van der Waals surface area contributed by atoms with E-state index in [1.54, 1.807) is 26.0 Å². The van der Waals surface area contributed by atoms with E-state index in [2.05, 4.69) is 4.98 Å². The first-order chi connectivity index (χ1) is 8.09. The van der Waals surface area contributed by atoms with Crippen LogP contribution in [0.15, 0.2) is 30.3 Å². The van der Waals surface area contributed by atoms with Gasteiger partial charge in [0.05, 0.1) is 5.69 Å². The molecule has 2 aromatic rings. The van der Waals surface area contributed by atoms with Gasteiger partial charge >= 0.3 is 0 Å². The van der Waals surface area contributed by atoms with Crippen LogP contribution in [0.1, 0.15) is 11.3 Å². The van der Waals surface area contributed by atoms with Crippen LogP contribution in [0.5, 0.6) is 11.6 Å². The SMILES string of the molecule is Cc1c(Oc2ccccc2)nc(=N)n(O)c1C. The van der Waals surface area contributed by atoms with E-state index in [4.69, 9.17) is 10.1 Å². The van der Waals surface area contributed by atoms with Crippen LogP contribution >= 0.6 is 0 Å². The minimum atomic E-state index is -0.251. The number of ether oxygens (including phenoxy) is 1. The summed E-state index contributed by atoms with van der Waals surface area (Å²) in [6, 6.07) is 9.21. The van der Waals surface area contributed by atoms with E-state index in [0.29, 0.717) is 22.9 Å². The predicted octanol–water partition coefficient (Wildman–Crippen LogP) is 2.01. The lowest BCUT2D eigenvalue weighted by Crippen LogP contribution is -2.24. The van der Waals surface area contributed by atoms with Crippen LogP contribution in [0.25, 0.3) is 0 Å². The van der Waals surface area contributed by atoms with Crippen molar-refractivity contribution in [2.24, 2.45) is 0 Å². The molecule has 0 aliphatic carbocycles. The maximum Gasteiger partial charge on any atom is 0.258 e. The van der Waals surface area contributed by atoms with Crippen LogP contribution in [0.4, 0.5) is 0 Å². The van der Waals surface area contributed by atoms with Gasteiger partial charge < -0.3 is 9.94 Å². The summed E-state index contributed by atoms with van der Waals surface area (Å²) in [6.45, 7) is 3.49. The van der Waals surface area contributed by atoms with Gasteiger partial charge in [-0.3, -0.25) is 5.41 Å². The minimum Gasteiger partial charge on any atom is -0.439 e. The van der Waals surface area contributed by atoms with Gasteiger partial charge in [-0.05, 0) is 26.0 Å². The molecule has 0 amide bonds. The second-order valence-electron chi connectivity index (χ2n) is 3.68. The number of benzene rings is 1. The number of rotatable bonds is 2. The molecule has 2 N–H and O–H groups in total. The van der Waals surface area contributed by atoms with Gasteiger partial charge in [0.2, 0.25) is 5.88 Å². The highest BCUT2D eigenvalue weighted by Crippen LogP contribution is 2.22. The molecule has 17 heavy (non-hydrogen) atoms. The van der Waals surface area contributed by atoms with Gasteiger partial charge in [0.15, 0.2) is 0 Å². The van der Waals surface area contributed by atoms with Gasteiger partial charge in [-0.1, -0.05) is 18.2 Å². The lowest BCUT2D eigenvalue weighted by molar-refractivity contribution is 0.155. The molecule has 0 radical (unpaired) electrons. The van der Waals surface area contributed by atoms with E-state index in [1.807, 2.05) is 18.2 Å². The van der Waals surface area contributed by atoms with Crippen molar-refractivity contribution in [3.8, 4) is 11.6 Å². The zero-order valence-corrected chi connectivity index (χ0v) is 9.64. The first-order valence-corrected chi connectivity index (χ1v) is 5.16. The standard InChI is InChI=1S/C12H13N3O2/c1-8-9(2)15(16)12(13)14-11(8)17-10-6-4-3-5-7-10/h3-7,13,16H,1-2H3. The smallest absolute Gasteiger partial charge is 0.258 e. The van der Waals surface area contributed by atoms with Gasteiger partial charge in [0.25, 0.3) is 5.62 Å². The number of nitrogens with one attached hydrogen (secondary N) is 1. The molecule has 88 valence electrons. The Morgan fingerprint density at radius 2 is 1.88 bits per heavy atom. The van der Waals surface area contributed by atoms with E-state index >= 15 is 0 Å². The molecule has 0 unspecified atom stereocenters. The average molecular weight is 231 g/mol. The number of para-hydroxylation sites is 1. The topological polar surface area (TPSA) is 71.1 Å². The van der Waals surface area contributed by atoms with Crippen LogP contribution in [-0.2, 0) is 0 Å². The molecular weight excluding hydrogens is 218 g/mol. The summed E-state index contributed by atoms with van der Waals surface area (Å²) in [5.74, 6) is 0.988. The first kappa shape index (κ1) is 11.2. The van der Waals surface area contributed by atoms with E-state index in [-0.39, 0.29) is 5.62 Å². The van der Waals surface area contributed by atoms with Crippen molar-refractivity contribution in [2.45, 2.75) is 13.8 Å². The Kier molecular flexibility index (Phi) is 2.82. The Morgan fingerprint density at radius 1 is 1.24 bits per heavy atom. The molecule has 0 saturated heterocycles. The molecule has 0 saturated carbocycles. The highest BCUT2D eigenvalue weighted by atomic mass is 16.5. The minimum absolute atomic E-state index is 0.251. The highest BCUT2D eigenvalue weighted by molar-refractivity contribution is 5.32. The highest BCUT2D eigenvalue weighted by Gasteiger charge is 2.10. The summed E-state index contributed by atoms with van der Waals surface area (Å²) < 4.78 is 6.30. The molecule has 1 heterocycles. The molecule has 0 bridgehead atoms. The van der Waals surface area contributed by atoms with Crippen LogP contribution in [-0.4, -0.2) is 14.9 Å². The third-order valence-corrected chi connectivity index (χ3v) is 2.55. The average Bonchev–Trinajstić information content (AvgIpc) is 2.35. The van der Waals surface area contributed by atoms with Crippen molar-refractivity contribution >= 4 is 0 Å². The molecule has 0 aliphatic heterocycles. The molecule has 2 rings (SSSR count). The Balaban J connectivity index is 2.44. The van der Waals surface area contributed by atoms with Gasteiger partial charge in [-0.2, -0.15) is 9.71 Å². The zero-order valence-electron chi connectivity index (χ0n) is 9.64. The lowest BCUT2D eigenvalue weighted by atomic mass is 10.2. The number of hydrogen-bond donors (Lipinski definition) is 2. The molecule has 1 aromatic heterocycles. The maximum atomic E-state index is 9.49. The molecule has 5 heteroatoms. The summed E-state index contributed by atoms with van der Waals surface area (Å²) in [5.41, 5.74) is 0.988. The summed E-state index contributed by atoms with van der Waals surface area (Å²) >= 11 is 0. The normalized spacial score (nSPS) is 10.2. The van der Waals surface area contributed by atoms with Crippen LogP contribution in [0, 0.1) is 19.3 Å². The number of nitrogens with zero attached hydrogens (tertiary/aromatic N) is 2. The van der Waals surface area contributed by atoms with Crippen molar-refractivity contribution in [1.29, 1.82) is 5.41 Å². The fourth-order valence-electron chi connectivity index (χ4n) is 1.40. The second-order valence-corrected chi connectivity index (χ2v) is 3.68. The molecule has 0 aliphatic rings. The Hall–Kier alpha value is -2.30. The molecule has 0 atom stereocenters. The van der Waals surface area contributed by atoms with Crippen LogP contribution < -0.4 is 10.4 Å². The van der Waals surface area contributed by atoms with E-state index in [9.17, 15) is 5.21 Å². The first-order valence-electron chi connectivity index (χ1n) is 5.16. The summed E-state index contributed by atoms with van der Waals surface area (Å²) in [7, 11) is 0. The largest absolute Gasteiger partial charge is 0.439 e. The molecule has 1 aromatic carbocycles. The predicted molar refractivity (Wildman–Crippen MR) is 61.3 cm³/mol. The third kappa shape index (κ3) is 2.13. The van der Waals surface area contributed by atoms with Gasteiger partial charge in [-0.25, -0.2) is 0 Å². The van der Waals surface area contributed by atoms with E-state index in [1.165, 1.54) is 0 Å². The van der Waals surface area contributed by atoms with Crippen LogP contribution in [0.2, 0.25) is 0 Å². The summed E-state index contributed by atoms with van der Waals surface area (Å²) in [6.07, 6.45) is 0. The summed E-state index contributed by atoms with van der Waals surface area (Å²) in [5, 5.41) is 17.0. The Bertz CT molecular complexity index is 591. The molecule has 0 spiro atoms. The van der Waals surface area contributed by atoms with E-state index < -0.39 is 0 Å². The van der Waals surface area contributed by atoms with Crippen molar-refractivity contribution in [3.05, 3.63) is 47.2 Å². The van der Waals surface area contributed by atoms with Crippen molar-refractivity contribution in [3.63, 3.8) is 0 Å². The second kappa shape index (κ2) is 4.29. The number of aromatic nitrogens is 2. The lowest BCUT2D eigenvalue weighted by Gasteiger charge is -2.11. The van der Waals surface area contributed by atoms with Crippen molar-refractivity contribution < 1.29 is 9.94 Å². The van der Waals surface area contributed by atoms with Crippen molar-refractivity contribution in [1.82, 2.24) is 9.71 Å². The fourth-order valence-corrected chi connectivity index (χ4v) is 1.40. The number of hydrogen-bond acceptors (Lipinski definition) is 4. The monoisotopic (exact) mass is 231 g/mol. The van der Waals surface area contributed by atoms with Crippen LogP contribution in [0.3, 0.4) is 0 Å². The summed E-state index contributed by atoms with van der Waals surface area (Å²) in [4.78, 5) is 3.89. The van der Waals surface area contributed by atoms with Crippen molar-refractivity contribution in [2.75, 3.05) is 0 Å². The molecule has 0 fully saturated rings. The van der Waals surface area contributed by atoms with Gasteiger partial charge in [-0.15, -0.1) is 0 Å². The van der Waals surface area contributed by atoms with E-state index in [0.717, 1.165) is 4.73 Å². The van der Waals surface area contributed by atoms with Gasteiger partial charge in [0, 0.05) is 5.56 Å². The Morgan fingerprint density at radius 3 is 2.53 bits per heavy atom. The Labute approximate surface area is 98.4 Å². The molecular formula is C12H13N3O2. The van der Waals surface area contributed by atoms with Gasteiger partial charge in [0.1, 0.15) is 5.75 Å².